The van der Waals surface area contributed by atoms with E-state index in [0.29, 0.717) is 6.54 Å². The molecule has 0 atom stereocenters. The van der Waals surface area contributed by atoms with Crippen LogP contribution in [0.3, 0.4) is 0 Å². The van der Waals surface area contributed by atoms with Crippen molar-refractivity contribution in [3.63, 3.8) is 0 Å². The van der Waals surface area contributed by atoms with Crippen LogP contribution in [0.2, 0.25) is 0 Å². The fraction of sp³-hybridized carbons (Fsp3) is 0.188. The summed E-state index contributed by atoms with van der Waals surface area (Å²) in [6.07, 6.45) is 2.01. The Labute approximate surface area is 112 Å². The molecule has 3 aromatic rings. The van der Waals surface area contributed by atoms with Gasteiger partial charge in [0, 0.05) is 18.3 Å². The summed E-state index contributed by atoms with van der Waals surface area (Å²) in [6.45, 7) is 4.72. The fourth-order valence-corrected chi connectivity index (χ4v) is 2.36. The fourth-order valence-electron chi connectivity index (χ4n) is 2.36. The molecule has 1 aromatic carbocycles. The van der Waals surface area contributed by atoms with Gasteiger partial charge in [-0.25, -0.2) is 4.98 Å². The Morgan fingerprint density at radius 3 is 2.68 bits per heavy atom. The number of hydrogen-bond acceptors (Lipinski definition) is 2. The topological polar surface area (TPSA) is 43.3 Å². The maximum Gasteiger partial charge on any atom is 0.137 e. The molecule has 0 unspecified atom stereocenters. The zero-order chi connectivity index (χ0) is 13.4. The highest BCUT2D eigenvalue weighted by atomic mass is 15.0. The van der Waals surface area contributed by atoms with E-state index in [1.807, 2.05) is 24.4 Å². The lowest BCUT2D eigenvalue weighted by Crippen LogP contribution is -2.02. The molecule has 0 aliphatic carbocycles. The van der Waals surface area contributed by atoms with Crippen LogP contribution in [0, 0.1) is 13.8 Å². The molecule has 0 fully saturated rings. The number of rotatable bonds is 2. The van der Waals surface area contributed by atoms with Crippen LogP contribution in [0.15, 0.2) is 42.6 Å². The molecule has 3 nitrogen and oxygen atoms in total. The smallest absolute Gasteiger partial charge is 0.137 e. The summed E-state index contributed by atoms with van der Waals surface area (Å²) in [4.78, 5) is 4.71. The number of hydrogen-bond donors (Lipinski definition) is 1. The molecule has 2 heterocycles. The van der Waals surface area contributed by atoms with Crippen molar-refractivity contribution in [1.29, 1.82) is 0 Å². The Hall–Kier alpha value is -2.13. The maximum absolute atomic E-state index is 5.91. The van der Waals surface area contributed by atoms with E-state index < -0.39 is 0 Å². The van der Waals surface area contributed by atoms with Crippen molar-refractivity contribution in [2.24, 2.45) is 5.73 Å². The van der Waals surface area contributed by atoms with Gasteiger partial charge in [-0.2, -0.15) is 0 Å². The normalized spacial score (nSPS) is 11.1. The first-order valence-corrected chi connectivity index (χ1v) is 6.44. The summed E-state index contributed by atoms with van der Waals surface area (Å²) >= 11 is 0. The van der Waals surface area contributed by atoms with E-state index in [9.17, 15) is 0 Å². The minimum absolute atomic E-state index is 0.480. The third-order valence-electron chi connectivity index (χ3n) is 3.60. The lowest BCUT2D eigenvalue weighted by atomic mass is 10.0. The zero-order valence-corrected chi connectivity index (χ0v) is 11.2. The number of benzene rings is 1. The maximum atomic E-state index is 5.91. The average molecular weight is 251 g/mol. The molecule has 0 amide bonds. The lowest BCUT2D eigenvalue weighted by molar-refractivity contribution is 0.962. The molecule has 0 bridgehead atoms. The second-order valence-corrected chi connectivity index (χ2v) is 4.84. The highest BCUT2D eigenvalue weighted by Gasteiger charge is 2.12. The van der Waals surface area contributed by atoms with Gasteiger partial charge in [0.05, 0.1) is 11.4 Å². The molecule has 96 valence electrons. The lowest BCUT2D eigenvalue weighted by Gasteiger charge is -2.05. The second kappa shape index (κ2) is 4.52. The Bertz CT molecular complexity index is 741. The van der Waals surface area contributed by atoms with Gasteiger partial charge >= 0.3 is 0 Å². The Morgan fingerprint density at radius 1 is 1.11 bits per heavy atom. The number of imidazole rings is 1. The van der Waals surface area contributed by atoms with Gasteiger partial charge in [-0.1, -0.05) is 18.2 Å². The van der Waals surface area contributed by atoms with Crippen LogP contribution < -0.4 is 5.73 Å². The van der Waals surface area contributed by atoms with Crippen molar-refractivity contribution >= 4 is 5.65 Å². The van der Waals surface area contributed by atoms with Gasteiger partial charge in [-0.15, -0.1) is 0 Å². The minimum Gasteiger partial charge on any atom is -0.325 e. The number of fused-ring (bicyclic) bond motifs is 1. The van der Waals surface area contributed by atoms with Crippen molar-refractivity contribution in [2.45, 2.75) is 20.4 Å². The average Bonchev–Trinajstić information content (AvgIpc) is 2.80. The highest BCUT2D eigenvalue weighted by Crippen LogP contribution is 2.25. The van der Waals surface area contributed by atoms with Crippen LogP contribution in [0.4, 0.5) is 0 Å². The van der Waals surface area contributed by atoms with Crippen LogP contribution >= 0.6 is 0 Å². The first kappa shape index (κ1) is 11.9. The molecule has 2 aromatic heterocycles. The van der Waals surface area contributed by atoms with Gasteiger partial charge in [0.2, 0.25) is 0 Å². The first-order chi connectivity index (χ1) is 9.20. The second-order valence-electron chi connectivity index (χ2n) is 4.84. The van der Waals surface area contributed by atoms with E-state index in [4.69, 9.17) is 10.7 Å². The third-order valence-corrected chi connectivity index (χ3v) is 3.60. The Kier molecular flexibility index (Phi) is 2.84. The summed E-state index contributed by atoms with van der Waals surface area (Å²) < 4.78 is 2.06. The quantitative estimate of drug-likeness (QED) is 0.760. The largest absolute Gasteiger partial charge is 0.325 e. The third kappa shape index (κ3) is 1.92. The molecular weight excluding hydrogens is 234 g/mol. The molecule has 0 aliphatic rings. The molecule has 0 aliphatic heterocycles. The Morgan fingerprint density at radius 2 is 1.95 bits per heavy atom. The van der Waals surface area contributed by atoms with E-state index in [2.05, 4.69) is 36.4 Å². The van der Waals surface area contributed by atoms with E-state index in [1.54, 1.807) is 0 Å². The summed E-state index contributed by atoms with van der Waals surface area (Å²) in [5, 5.41) is 0. The zero-order valence-electron chi connectivity index (χ0n) is 11.2. The molecule has 3 heteroatoms. The number of nitrogens with two attached hydrogens (primary N) is 1. The molecule has 0 saturated heterocycles. The van der Waals surface area contributed by atoms with E-state index in [0.717, 1.165) is 22.6 Å². The monoisotopic (exact) mass is 251 g/mol. The van der Waals surface area contributed by atoms with Gasteiger partial charge < -0.3 is 10.1 Å². The van der Waals surface area contributed by atoms with Crippen LogP contribution in [0.1, 0.15) is 16.8 Å². The molecular formula is C16H17N3. The first-order valence-electron chi connectivity index (χ1n) is 6.44. The molecule has 2 N–H and O–H groups in total. The van der Waals surface area contributed by atoms with Crippen LogP contribution in [0.5, 0.6) is 0 Å². The summed E-state index contributed by atoms with van der Waals surface area (Å²) in [5.41, 5.74) is 12.6. The molecule has 3 rings (SSSR count). The van der Waals surface area contributed by atoms with Gasteiger partial charge in [-0.3, -0.25) is 0 Å². The van der Waals surface area contributed by atoms with Crippen molar-refractivity contribution in [3.05, 3.63) is 59.4 Å². The van der Waals surface area contributed by atoms with Gasteiger partial charge in [0.1, 0.15) is 5.65 Å². The Balaban J connectivity index is 2.26. The summed E-state index contributed by atoms with van der Waals surface area (Å²) in [5.74, 6) is 0. The van der Waals surface area contributed by atoms with E-state index in [1.165, 1.54) is 11.1 Å². The van der Waals surface area contributed by atoms with Crippen LogP contribution in [-0.4, -0.2) is 9.38 Å². The predicted molar refractivity (Wildman–Crippen MR) is 78.0 cm³/mol. The van der Waals surface area contributed by atoms with Crippen LogP contribution in [-0.2, 0) is 6.54 Å². The van der Waals surface area contributed by atoms with Crippen molar-refractivity contribution in [3.8, 4) is 11.3 Å². The molecule has 0 spiro atoms. The number of pyridine rings is 1. The minimum atomic E-state index is 0.480. The number of nitrogens with zero attached hydrogens (tertiary/aromatic N) is 2. The highest BCUT2D eigenvalue weighted by molar-refractivity contribution is 5.67. The molecule has 19 heavy (non-hydrogen) atoms. The van der Waals surface area contributed by atoms with E-state index >= 15 is 0 Å². The van der Waals surface area contributed by atoms with Gasteiger partial charge in [0.15, 0.2) is 0 Å². The number of aromatic nitrogens is 2. The number of aryl methyl sites for hydroxylation is 2. The van der Waals surface area contributed by atoms with Crippen molar-refractivity contribution < 1.29 is 0 Å². The van der Waals surface area contributed by atoms with Crippen molar-refractivity contribution in [1.82, 2.24) is 9.38 Å². The van der Waals surface area contributed by atoms with Crippen LogP contribution in [0.25, 0.3) is 16.9 Å². The van der Waals surface area contributed by atoms with Gasteiger partial charge in [0.25, 0.3) is 0 Å². The summed E-state index contributed by atoms with van der Waals surface area (Å²) in [7, 11) is 0. The standard InChI is InChI=1S/C16H17N3/c1-11-6-7-13(9-12(11)2)16-14(10-17)19-8-4-3-5-15(19)18-16/h3-9H,10,17H2,1-2H3. The van der Waals surface area contributed by atoms with Gasteiger partial charge in [-0.05, 0) is 43.2 Å². The SMILES string of the molecule is Cc1ccc(-c2nc3ccccn3c2CN)cc1C. The van der Waals surface area contributed by atoms with E-state index in [-0.39, 0.29) is 0 Å². The molecule has 0 radical (unpaired) electrons. The predicted octanol–water partition coefficient (Wildman–Crippen LogP) is 3.08. The summed E-state index contributed by atoms with van der Waals surface area (Å²) in [6, 6.07) is 12.4. The van der Waals surface area contributed by atoms with Crippen molar-refractivity contribution in [2.75, 3.05) is 0 Å². The molecule has 0 saturated carbocycles.